The van der Waals surface area contributed by atoms with Crippen LogP contribution in [0.15, 0.2) is 65.6 Å². The van der Waals surface area contributed by atoms with Gasteiger partial charge in [0.2, 0.25) is 0 Å². The van der Waals surface area contributed by atoms with Gasteiger partial charge in [0.1, 0.15) is 0 Å². The third-order valence-electron chi connectivity index (χ3n) is 4.35. The fourth-order valence-corrected chi connectivity index (χ4v) is 3.95. The number of aryl methyl sites for hydroxylation is 1. The Bertz CT molecular complexity index is 1230. The second kappa shape index (κ2) is 7.58. The number of nitrogens with one attached hydrogen (secondary N) is 1. The Labute approximate surface area is 170 Å². The van der Waals surface area contributed by atoms with Crippen LogP contribution in [0.2, 0.25) is 5.02 Å². The average molecular weight is 410 g/mol. The summed E-state index contributed by atoms with van der Waals surface area (Å²) in [5, 5.41) is 4.00. The molecule has 28 heavy (non-hydrogen) atoms. The minimum atomic E-state index is -0.304. The number of aromatic nitrogens is 2. The van der Waals surface area contributed by atoms with Gasteiger partial charge in [0, 0.05) is 17.3 Å². The number of rotatable bonds is 4. The lowest BCUT2D eigenvalue weighted by Crippen LogP contribution is -2.22. The van der Waals surface area contributed by atoms with Crippen molar-refractivity contribution in [2.45, 2.75) is 13.5 Å². The number of para-hydroxylation sites is 1. The Hall–Kier alpha value is -2.96. The van der Waals surface area contributed by atoms with Crippen LogP contribution < -0.4 is 10.9 Å². The quantitative estimate of drug-likeness (QED) is 0.530. The number of hydrogen-bond donors (Lipinski definition) is 1. The van der Waals surface area contributed by atoms with E-state index in [0.717, 1.165) is 21.3 Å². The Morgan fingerprint density at radius 2 is 1.93 bits per heavy atom. The number of amides is 1. The van der Waals surface area contributed by atoms with Gasteiger partial charge in [-0.15, -0.1) is 0 Å². The highest BCUT2D eigenvalue weighted by Gasteiger charge is 2.12. The molecule has 0 bridgehead atoms. The summed E-state index contributed by atoms with van der Waals surface area (Å²) >= 11 is 7.32. The molecule has 1 amide bonds. The molecule has 4 rings (SSSR count). The number of fused-ring (bicyclic) bond motifs is 1. The van der Waals surface area contributed by atoms with Crippen molar-refractivity contribution in [3.63, 3.8) is 0 Å². The summed E-state index contributed by atoms with van der Waals surface area (Å²) in [5.41, 5.74) is 3.08. The van der Waals surface area contributed by atoms with Crippen molar-refractivity contribution in [1.82, 2.24) is 9.55 Å². The van der Waals surface area contributed by atoms with Crippen LogP contribution in [-0.2, 0) is 6.54 Å². The first kappa shape index (κ1) is 18.4. The molecule has 0 aliphatic carbocycles. The molecule has 0 saturated carbocycles. The number of halogens is 1. The number of benzene rings is 2. The molecule has 0 radical (unpaired) electrons. The van der Waals surface area contributed by atoms with Gasteiger partial charge in [0.15, 0.2) is 5.13 Å². The zero-order valence-electron chi connectivity index (χ0n) is 15.0. The summed E-state index contributed by atoms with van der Waals surface area (Å²) in [4.78, 5) is 29.3. The molecule has 140 valence electrons. The van der Waals surface area contributed by atoms with E-state index in [1.165, 1.54) is 28.0 Å². The molecule has 1 N–H and O–H groups in total. The van der Waals surface area contributed by atoms with Crippen LogP contribution in [0.3, 0.4) is 0 Å². The molecule has 0 aliphatic heterocycles. The fourth-order valence-electron chi connectivity index (χ4n) is 2.88. The molecule has 7 heteroatoms. The summed E-state index contributed by atoms with van der Waals surface area (Å²) in [6.07, 6.45) is 1.56. The second-order valence-corrected chi connectivity index (χ2v) is 7.87. The van der Waals surface area contributed by atoms with Crippen LogP contribution in [0.1, 0.15) is 21.5 Å². The van der Waals surface area contributed by atoms with Crippen LogP contribution in [0, 0.1) is 6.92 Å². The van der Waals surface area contributed by atoms with Gasteiger partial charge in [-0.2, -0.15) is 0 Å². The van der Waals surface area contributed by atoms with Gasteiger partial charge in [-0.05, 0) is 42.3 Å². The van der Waals surface area contributed by atoms with Crippen molar-refractivity contribution < 1.29 is 4.79 Å². The van der Waals surface area contributed by atoms with Crippen LogP contribution in [0.5, 0.6) is 0 Å². The van der Waals surface area contributed by atoms with Crippen molar-refractivity contribution in [2.24, 2.45) is 0 Å². The number of hydrogen-bond acceptors (Lipinski definition) is 4. The molecule has 2 aromatic carbocycles. The molecule has 0 aliphatic rings. The average Bonchev–Trinajstić information content (AvgIpc) is 3.09. The van der Waals surface area contributed by atoms with E-state index in [0.29, 0.717) is 22.3 Å². The number of thiazole rings is 1. The molecule has 0 unspecified atom stereocenters. The smallest absolute Gasteiger partial charge is 0.258 e. The third kappa shape index (κ3) is 3.83. The molecule has 2 heterocycles. The highest BCUT2D eigenvalue weighted by Crippen LogP contribution is 2.28. The van der Waals surface area contributed by atoms with E-state index in [-0.39, 0.29) is 11.5 Å². The number of anilines is 1. The predicted molar refractivity (Wildman–Crippen MR) is 114 cm³/mol. The lowest BCUT2D eigenvalue weighted by atomic mass is 10.2. The lowest BCUT2D eigenvalue weighted by molar-refractivity contribution is 0.102. The molecule has 0 atom stereocenters. The van der Waals surface area contributed by atoms with Crippen molar-refractivity contribution >= 4 is 44.2 Å². The first-order valence-electron chi connectivity index (χ1n) is 8.62. The topological polar surface area (TPSA) is 64.0 Å². The van der Waals surface area contributed by atoms with Crippen molar-refractivity contribution in [3.8, 4) is 0 Å². The van der Waals surface area contributed by atoms with E-state index in [1.54, 1.807) is 18.3 Å². The van der Waals surface area contributed by atoms with Gasteiger partial charge < -0.3 is 4.57 Å². The van der Waals surface area contributed by atoms with E-state index < -0.39 is 0 Å². The van der Waals surface area contributed by atoms with Gasteiger partial charge in [0.05, 0.1) is 22.3 Å². The Morgan fingerprint density at radius 1 is 1.14 bits per heavy atom. The number of pyridine rings is 1. The van der Waals surface area contributed by atoms with Gasteiger partial charge in [-0.1, -0.05) is 47.2 Å². The molecule has 2 aromatic heterocycles. The largest absolute Gasteiger partial charge is 0.310 e. The maximum atomic E-state index is 12.7. The molecule has 4 aromatic rings. The summed E-state index contributed by atoms with van der Waals surface area (Å²) in [5.74, 6) is -0.304. The van der Waals surface area contributed by atoms with Gasteiger partial charge in [0.25, 0.3) is 11.5 Å². The minimum absolute atomic E-state index is 0.179. The normalized spacial score (nSPS) is 10.9. The summed E-state index contributed by atoms with van der Waals surface area (Å²) in [6.45, 7) is 2.35. The van der Waals surface area contributed by atoms with Crippen molar-refractivity contribution in [3.05, 3.63) is 92.9 Å². The highest BCUT2D eigenvalue weighted by molar-refractivity contribution is 7.22. The van der Waals surface area contributed by atoms with Crippen molar-refractivity contribution in [1.29, 1.82) is 0 Å². The zero-order chi connectivity index (χ0) is 19.7. The number of nitrogens with zero attached hydrogens (tertiary/aromatic N) is 2. The molecular formula is C21H16ClN3O2S. The van der Waals surface area contributed by atoms with Crippen LogP contribution in [0.25, 0.3) is 10.2 Å². The summed E-state index contributed by atoms with van der Waals surface area (Å²) in [7, 11) is 0. The van der Waals surface area contributed by atoms with Gasteiger partial charge >= 0.3 is 0 Å². The zero-order valence-corrected chi connectivity index (χ0v) is 16.6. The van der Waals surface area contributed by atoms with Gasteiger partial charge in [-0.3, -0.25) is 14.9 Å². The molecule has 0 spiro atoms. The Morgan fingerprint density at radius 3 is 2.68 bits per heavy atom. The van der Waals surface area contributed by atoms with E-state index >= 15 is 0 Å². The first-order valence-corrected chi connectivity index (χ1v) is 9.81. The lowest BCUT2D eigenvalue weighted by Gasteiger charge is -2.08. The number of carbonyl (C=O) groups excluding carboxylic acids is 1. The van der Waals surface area contributed by atoms with Gasteiger partial charge in [-0.25, -0.2) is 4.98 Å². The Balaban J connectivity index is 1.57. The highest BCUT2D eigenvalue weighted by atomic mass is 35.5. The second-order valence-electron chi connectivity index (χ2n) is 6.41. The first-order chi connectivity index (χ1) is 13.5. The molecule has 0 fully saturated rings. The molecular weight excluding hydrogens is 394 g/mol. The van der Waals surface area contributed by atoms with Crippen LogP contribution >= 0.6 is 22.9 Å². The van der Waals surface area contributed by atoms with E-state index in [2.05, 4.69) is 10.3 Å². The third-order valence-corrected chi connectivity index (χ3v) is 5.54. The van der Waals surface area contributed by atoms with E-state index in [9.17, 15) is 9.59 Å². The van der Waals surface area contributed by atoms with Crippen molar-refractivity contribution in [2.75, 3.05) is 5.32 Å². The fraction of sp³-hybridized carbons (Fsp3) is 0.0952. The number of carbonyl (C=O) groups is 1. The van der Waals surface area contributed by atoms with E-state index in [4.69, 9.17) is 11.6 Å². The maximum Gasteiger partial charge on any atom is 0.258 e. The maximum absolute atomic E-state index is 12.7. The van der Waals surface area contributed by atoms with E-state index in [1.807, 2.05) is 37.3 Å². The SMILES string of the molecule is Cc1cccc2sc(NC(=O)c3ccc(=O)n(Cc4ccc(Cl)cc4)c3)nc12. The van der Waals surface area contributed by atoms with Crippen LogP contribution in [0.4, 0.5) is 5.13 Å². The minimum Gasteiger partial charge on any atom is -0.310 e. The standard InChI is InChI=1S/C21H16ClN3O2S/c1-13-3-2-4-17-19(13)23-21(28-17)24-20(27)15-7-10-18(26)25(12-15)11-14-5-8-16(22)9-6-14/h2-10,12H,11H2,1H3,(H,23,24,27). The van der Waals surface area contributed by atoms with Crippen LogP contribution in [-0.4, -0.2) is 15.5 Å². The summed E-state index contributed by atoms with van der Waals surface area (Å²) < 4.78 is 2.52. The monoisotopic (exact) mass is 409 g/mol. The molecule has 5 nitrogen and oxygen atoms in total. The summed E-state index contributed by atoms with van der Waals surface area (Å²) in [6, 6.07) is 16.1. The molecule has 0 saturated heterocycles. The predicted octanol–water partition coefficient (Wildman–Crippen LogP) is 4.72. The Kier molecular flexibility index (Phi) is 4.98.